The molecule has 8 rings (SSSR count). The number of alkyl halides is 2. The van der Waals surface area contributed by atoms with E-state index in [9.17, 15) is 39.1 Å². The number of rotatable bonds is 4. The van der Waals surface area contributed by atoms with Gasteiger partial charge in [0.2, 0.25) is 0 Å². The van der Waals surface area contributed by atoms with Gasteiger partial charge in [0.15, 0.2) is 17.0 Å². The van der Waals surface area contributed by atoms with Crippen LogP contribution in [0.2, 0.25) is 0 Å². The van der Waals surface area contributed by atoms with Crippen LogP contribution in [0.4, 0.5) is 8.78 Å². The van der Waals surface area contributed by atoms with E-state index < -0.39 is 45.5 Å². The molecule has 60 heavy (non-hydrogen) atoms. The molecular weight excluding hydrogens is 765 g/mol. The Labute approximate surface area is 352 Å². The molecule has 11 nitrogen and oxygen atoms in total. The van der Waals surface area contributed by atoms with Crippen LogP contribution in [0.25, 0.3) is 0 Å². The lowest BCUT2D eigenvalue weighted by Gasteiger charge is -2.49. The minimum Gasteiger partial charge on any atom is -0.393 e. The zero-order valence-corrected chi connectivity index (χ0v) is 36.3. The first kappa shape index (κ1) is 43.4. The van der Waals surface area contributed by atoms with E-state index in [0.717, 1.165) is 16.7 Å². The minimum absolute atomic E-state index is 0.0188. The summed E-state index contributed by atoms with van der Waals surface area (Å²) in [7, 11) is 0. The van der Waals surface area contributed by atoms with Gasteiger partial charge in [-0.15, -0.1) is 0 Å². The van der Waals surface area contributed by atoms with Crippen molar-refractivity contribution in [1.82, 2.24) is 9.80 Å². The molecule has 4 aliphatic carbocycles. The number of benzene rings is 2. The Balaban J connectivity index is 0.000000181. The maximum Gasteiger partial charge on any atom is 0.262 e. The first-order valence-corrected chi connectivity index (χ1v) is 21.2. The Bertz CT molecular complexity index is 2080. The molecule has 2 aromatic rings. The summed E-state index contributed by atoms with van der Waals surface area (Å²) in [6.07, 6.45) is 2.93. The van der Waals surface area contributed by atoms with Crippen LogP contribution in [-0.2, 0) is 33.5 Å². The molecule has 6 aliphatic rings. The number of hydrogen-bond donors (Lipinski definition) is 3. The first-order valence-electron chi connectivity index (χ1n) is 21.2. The fourth-order valence-electron chi connectivity index (χ4n) is 12.4. The summed E-state index contributed by atoms with van der Waals surface area (Å²) in [5.41, 5.74) is 3.95. The van der Waals surface area contributed by atoms with Crippen LogP contribution in [0.1, 0.15) is 121 Å². The summed E-state index contributed by atoms with van der Waals surface area (Å²) in [6.45, 7) is 15.3. The van der Waals surface area contributed by atoms with Gasteiger partial charge >= 0.3 is 0 Å². The number of carbonyl (C=O) groups excluding carboxylic acids is 2. The first-order chi connectivity index (χ1) is 27.9. The van der Waals surface area contributed by atoms with Gasteiger partial charge in [0.05, 0.1) is 48.6 Å². The van der Waals surface area contributed by atoms with Gasteiger partial charge in [-0.2, -0.15) is 10.5 Å². The van der Waals surface area contributed by atoms with E-state index in [1.165, 1.54) is 37.5 Å². The Kier molecular flexibility index (Phi) is 10.4. The van der Waals surface area contributed by atoms with E-state index in [1.54, 1.807) is 31.2 Å². The molecule has 2 aliphatic heterocycles. The molecule has 0 aromatic heterocycles. The number of guanidine groups is 1. The summed E-state index contributed by atoms with van der Waals surface area (Å²) in [4.78, 5) is 40.5. The van der Waals surface area contributed by atoms with Gasteiger partial charge in [0, 0.05) is 10.8 Å². The molecule has 4 N–H and O–H groups in total. The summed E-state index contributed by atoms with van der Waals surface area (Å²) >= 11 is 0. The van der Waals surface area contributed by atoms with Gasteiger partial charge in [-0.1, -0.05) is 39.8 Å². The molecule has 13 heteroatoms. The van der Waals surface area contributed by atoms with Crippen LogP contribution < -0.4 is 5.73 Å². The van der Waals surface area contributed by atoms with Gasteiger partial charge in [-0.3, -0.25) is 24.4 Å². The Morgan fingerprint density at radius 2 is 1.08 bits per heavy atom. The fraction of sp³-hybridized carbons (Fsp3) is 0.617. The van der Waals surface area contributed by atoms with Crippen LogP contribution in [0.3, 0.4) is 0 Å². The summed E-state index contributed by atoms with van der Waals surface area (Å²) in [5, 5.41) is 40.1. The molecule has 0 radical (unpaired) electrons. The third kappa shape index (κ3) is 6.53. The number of hydrogen-bond acceptors (Lipinski definition) is 9. The molecule has 4 unspecified atom stereocenters. The maximum absolute atomic E-state index is 14.6. The molecule has 2 amide bonds. The van der Waals surface area contributed by atoms with Gasteiger partial charge in [0.25, 0.3) is 11.8 Å². The van der Waals surface area contributed by atoms with E-state index in [2.05, 4.69) is 12.1 Å². The van der Waals surface area contributed by atoms with Gasteiger partial charge in [-0.05, 0) is 143 Å². The number of fused-ring (bicyclic) bond motifs is 6. The number of amides is 2. The molecule has 2 heterocycles. The molecule has 0 bridgehead atoms. The van der Waals surface area contributed by atoms with Crippen molar-refractivity contribution in [2.45, 2.75) is 135 Å². The fourth-order valence-corrected chi connectivity index (χ4v) is 12.4. The number of nitriles is 2. The molecule has 2 aromatic carbocycles. The van der Waals surface area contributed by atoms with Crippen LogP contribution in [0, 0.1) is 57.2 Å². The topological polar surface area (TPSA) is 179 Å². The molecule has 4 spiro atoms. The van der Waals surface area contributed by atoms with Crippen molar-refractivity contribution >= 4 is 23.6 Å². The molecular formula is C47H59F2N7O4. The zero-order chi connectivity index (χ0) is 44.1. The van der Waals surface area contributed by atoms with Crippen LogP contribution >= 0.6 is 0 Å². The molecule has 10 atom stereocenters. The highest BCUT2D eigenvalue weighted by Crippen LogP contribution is 2.65. The van der Waals surface area contributed by atoms with Crippen LogP contribution in [0.15, 0.2) is 46.4 Å². The maximum atomic E-state index is 14.6. The highest BCUT2D eigenvalue weighted by atomic mass is 19.1. The minimum atomic E-state index is -1.63. The normalized spacial score (nSPS) is 35.6. The summed E-state index contributed by atoms with van der Waals surface area (Å²) in [5.74, 6) is 0.0115. The van der Waals surface area contributed by atoms with Gasteiger partial charge in [0.1, 0.15) is 17.2 Å². The number of nitrogens with zero attached hydrogens (tertiary/aromatic N) is 6. The van der Waals surface area contributed by atoms with Crippen molar-refractivity contribution in [2.24, 2.45) is 50.2 Å². The van der Waals surface area contributed by atoms with Crippen molar-refractivity contribution < 1.29 is 28.6 Å². The number of carbonyl (C=O) groups is 2. The molecule has 2 fully saturated rings. The van der Waals surface area contributed by atoms with Crippen molar-refractivity contribution in [3.05, 3.63) is 69.8 Å². The van der Waals surface area contributed by atoms with Crippen molar-refractivity contribution in [2.75, 3.05) is 13.1 Å². The average Bonchev–Trinajstić information content (AvgIpc) is 3.76. The second kappa shape index (κ2) is 14.4. The van der Waals surface area contributed by atoms with Crippen LogP contribution in [0.5, 0.6) is 0 Å². The number of aliphatic hydroxyl groups excluding tert-OH is 2. The highest BCUT2D eigenvalue weighted by molar-refractivity contribution is 6.09. The van der Waals surface area contributed by atoms with E-state index in [1.807, 2.05) is 39.8 Å². The molecule has 2 saturated carbocycles. The van der Waals surface area contributed by atoms with Crippen molar-refractivity contribution in [1.29, 1.82) is 10.5 Å². The third-order valence-electron chi connectivity index (χ3n) is 14.5. The van der Waals surface area contributed by atoms with Crippen LogP contribution in [-0.4, -0.2) is 80.3 Å². The number of aliphatic hydroxyl groups is 2. The molecule has 0 saturated heterocycles. The number of halogens is 2. The van der Waals surface area contributed by atoms with Gasteiger partial charge in [-0.25, -0.2) is 13.8 Å². The highest BCUT2D eigenvalue weighted by Gasteiger charge is 2.69. The van der Waals surface area contributed by atoms with E-state index in [-0.39, 0.29) is 54.5 Å². The monoisotopic (exact) mass is 823 g/mol. The quantitative estimate of drug-likeness (QED) is 0.321. The lowest BCUT2D eigenvalue weighted by molar-refractivity contribution is -0.142. The van der Waals surface area contributed by atoms with E-state index in [0.29, 0.717) is 61.1 Å². The lowest BCUT2D eigenvalue weighted by atomic mass is 9.56. The lowest BCUT2D eigenvalue weighted by Crippen LogP contribution is -2.56. The molecule has 320 valence electrons. The Hall–Kier alpha value is -4.72. The number of nitrogens with two attached hydrogens (primary N) is 1. The van der Waals surface area contributed by atoms with E-state index in [4.69, 9.17) is 15.7 Å². The second-order valence-electron chi connectivity index (χ2n) is 20.4. The predicted octanol–water partition coefficient (Wildman–Crippen LogP) is 6.36. The number of aliphatic imine (C=N–C) groups is 2. The third-order valence-corrected chi connectivity index (χ3v) is 14.5. The SMILES string of the molecule is CC1=N[C@@]2(C(=O)N1CC(C)(C)F)c1cc(C#N)ccc1CC21C[C@@H](C)C(O)[C@@H](C)C1.C[C@@H]1CC2(Cc3ccc(C#N)cc3[C@]23N=C(N)N(CC(C)(C)F)C3=O)C[C@H](C)C1O. The smallest absolute Gasteiger partial charge is 0.262 e. The Morgan fingerprint density at radius 3 is 1.47 bits per heavy atom. The van der Waals surface area contributed by atoms with Crippen molar-refractivity contribution in [3.8, 4) is 12.1 Å². The van der Waals surface area contributed by atoms with Gasteiger partial charge < -0.3 is 15.9 Å². The predicted molar refractivity (Wildman–Crippen MR) is 224 cm³/mol. The standard InChI is InChI=1S/C24H30FN3O2.C23H29FN4O2/c1-14-9-23(10-15(2)20(14)29)11-18-7-6-17(12-26)8-19(18)24(23)21(30)28(16(3)27-24)13-22(4,5)25;1-13-8-22(9-14(2)18(13)29)10-16-6-5-15(11-25)7-17(16)23(22)19(30)28(20(26)27-23)12-21(3,4)24/h6-8,14-15,20,29H,9-11,13H2,1-5H3;5-7,13-14,18,29H,8-10,12H2,1-4H3,(H2,26,27)/t14-,15+,20?,23?,24-;13-,14+,18?,22?,23-/m11/s1. The largest absolute Gasteiger partial charge is 0.393 e. The summed E-state index contributed by atoms with van der Waals surface area (Å²) < 4.78 is 29.1. The average molecular weight is 824 g/mol. The van der Waals surface area contributed by atoms with Crippen molar-refractivity contribution in [3.63, 3.8) is 0 Å². The van der Waals surface area contributed by atoms with E-state index >= 15 is 0 Å². The Morgan fingerprint density at radius 1 is 0.717 bits per heavy atom. The summed E-state index contributed by atoms with van der Waals surface area (Å²) in [6, 6.07) is 15.2. The second-order valence-corrected chi connectivity index (χ2v) is 20.4. The zero-order valence-electron chi connectivity index (χ0n) is 36.3. The number of amidine groups is 1.